The highest BCUT2D eigenvalue weighted by Crippen LogP contribution is 2.18. The van der Waals surface area contributed by atoms with Gasteiger partial charge in [0.25, 0.3) is 5.91 Å². The standard InChI is InChI=1S/C11H10FN3O.C7H6Cl2.2CH2O/c1-13-11(16)9-6-15(7-14-9)10-5-3-2-4-8(10)12;1-5-4-6(8)2-3-7(5)9;2*1-2/h2-7H,1H3,(H,13,16);2-4H,1H3;2*1H2. The molecule has 0 unspecified atom stereocenters. The molecule has 1 aromatic heterocycles. The fourth-order valence-electron chi connectivity index (χ4n) is 1.97. The second-order valence-corrected chi connectivity index (χ2v) is 5.93. The van der Waals surface area contributed by atoms with Gasteiger partial charge in [0.1, 0.15) is 31.4 Å². The summed E-state index contributed by atoms with van der Waals surface area (Å²) < 4.78 is 14.9. The summed E-state index contributed by atoms with van der Waals surface area (Å²) in [5, 5.41) is 3.95. The van der Waals surface area contributed by atoms with E-state index in [1.54, 1.807) is 30.3 Å². The Bertz CT molecular complexity index is 917. The zero-order chi connectivity index (χ0) is 22.4. The number of benzene rings is 2. The van der Waals surface area contributed by atoms with Crippen LogP contribution in [0.3, 0.4) is 0 Å². The first kappa shape index (κ1) is 26.0. The van der Waals surface area contributed by atoms with Crippen LogP contribution in [0.2, 0.25) is 10.0 Å². The van der Waals surface area contributed by atoms with Crippen molar-refractivity contribution in [3.05, 3.63) is 82.1 Å². The van der Waals surface area contributed by atoms with Gasteiger partial charge in [0.2, 0.25) is 0 Å². The Morgan fingerprint density at radius 3 is 2.24 bits per heavy atom. The first-order valence-corrected chi connectivity index (χ1v) is 8.68. The second kappa shape index (κ2) is 14.0. The number of hydrogen-bond donors (Lipinski definition) is 1. The maximum atomic E-state index is 13.4. The van der Waals surface area contributed by atoms with Crippen LogP contribution in [0, 0.1) is 12.7 Å². The van der Waals surface area contributed by atoms with E-state index in [0.29, 0.717) is 5.69 Å². The highest BCUT2D eigenvalue weighted by atomic mass is 35.5. The van der Waals surface area contributed by atoms with Gasteiger partial charge >= 0.3 is 0 Å². The molecule has 9 heteroatoms. The summed E-state index contributed by atoms with van der Waals surface area (Å²) in [7, 11) is 1.52. The van der Waals surface area contributed by atoms with Crippen molar-refractivity contribution in [2.75, 3.05) is 7.05 Å². The number of imidazole rings is 1. The largest absolute Gasteiger partial charge is 0.354 e. The van der Waals surface area contributed by atoms with Gasteiger partial charge in [-0.2, -0.15) is 0 Å². The summed E-state index contributed by atoms with van der Waals surface area (Å²) in [6.07, 6.45) is 2.89. The second-order valence-electron chi connectivity index (χ2n) is 5.09. The molecule has 1 heterocycles. The van der Waals surface area contributed by atoms with E-state index in [9.17, 15) is 9.18 Å². The first-order valence-electron chi connectivity index (χ1n) is 7.92. The fraction of sp³-hybridized carbons (Fsp3) is 0.100. The number of halogens is 3. The third kappa shape index (κ3) is 8.25. The Morgan fingerprint density at radius 1 is 1.10 bits per heavy atom. The Labute approximate surface area is 178 Å². The lowest BCUT2D eigenvalue weighted by Gasteiger charge is -2.01. The van der Waals surface area contributed by atoms with Crippen molar-refractivity contribution in [1.82, 2.24) is 14.9 Å². The summed E-state index contributed by atoms with van der Waals surface area (Å²) in [5.74, 6) is -0.654. The molecule has 6 nitrogen and oxygen atoms in total. The molecule has 0 radical (unpaired) electrons. The topological polar surface area (TPSA) is 81.1 Å². The van der Waals surface area contributed by atoms with E-state index in [1.807, 2.05) is 26.6 Å². The lowest BCUT2D eigenvalue weighted by molar-refractivity contribution is -0.0987. The fourth-order valence-corrected chi connectivity index (χ4v) is 2.31. The molecular weight excluding hydrogens is 420 g/mol. The Kier molecular flexibility index (Phi) is 12.6. The van der Waals surface area contributed by atoms with Crippen LogP contribution in [-0.4, -0.2) is 36.1 Å². The average Bonchev–Trinajstić information content (AvgIpc) is 3.24. The van der Waals surface area contributed by atoms with E-state index < -0.39 is 0 Å². The molecule has 3 rings (SSSR count). The number of rotatable bonds is 2. The minimum atomic E-state index is -0.358. The molecule has 29 heavy (non-hydrogen) atoms. The predicted molar refractivity (Wildman–Crippen MR) is 112 cm³/mol. The quantitative estimate of drug-likeness (QED) is 0.644. The molecule has 2 aromatic carbocycles. The van der Waals surface area contributed by atoms with E-state index in [1.165, 1.54) is 30.2 Å². The Morgan fingerprint density at radius 2 is 1.72 bits per heavy atom. The summed E-state index contributed by atoms with van der Waals surface area (Å²) >= 11 is 11.4. The highest BCUT2D eigenvalue weighted by molar-refractivity contribution is 6.33. The molecule has 0 fully saturated rings. The van der Waals surface area contributed by atoms with Gasteiger partial charge in [-0.25, -0.2) is 9.37 Å². The lowest BCUT2D eigenvalue weighted by atomic mass is 10.2. The van der Waals surface area contributed by atoms with E-state index in [0.717, 1.165) is 15.6 Å². The van der Waals surface area contributed by atoms with E-state index in [2.05, 4.69) is 10.3 Å². The number of nitrogens with one attached hydrogen (secondary N) is 1. The molecule has 0 bridgehead atoms. The number of para-hydroxylation sites is 1. The van der Waals surface area contributed by atoms with Crippen LogP contribution in [0.5, 0.6) is 0 Å². The molecule has 0 saturated heterocycles. The molecule has 0 atom stereocenters. The first-order chi connectivity index (χ1) is 13.9. The Balaban J connectivity index is 0.000000513. The number of aryl methyl sites for hydroxylation is 1. The third-order valence-corrected chi connectivity index (χ3v) is 3.95. The molecule has 0 aliphatic rings. The number of nitrogens with zero attached hydrogens (tertiary/aromatic N) is 2. The summed E-state index contributed by atoms with van der Waals surface area (Å²) in [6.45, 7) is 5.92. The molecule has 1 amide bonds. The van der Waals surface area contributed by atoms with Crippen LogP contribution < -0.4 is 5.32 Å². The predicted octanol–water partition coefficient (Wildman–Crippen LogP) is 4.30. The number of carbonyl (C=O) groups excluding carboxylic acids is 3. The monoisotopic (exact) mass is 439 g/mol. The normalized spacial score (nSPS) is 8.86. The smallest absolute Gasteiger partial charge is 0.271 e. The molecule has 0 saturated carbocycles. The van der Waals surface area contributed by atoms with Crippen molar-refractivity contribution in [3.63, 3.8) is 0 Å². The maximum Gasteiger partial charge on any atom is 0.271 e. The molecule has 0 spiro atoms. The van der Waals surface area contributed by atoms with Crippen molar-refractivity contribution in [2.24, 2.45) is 0 Å². The van der Waals surface area contributed by atoms with E-state index in [-0.39, 0.29) is 17.4 Å². The van der Waals surface area contributed by atoms with Gasteiger partial charge in [-0.05, 0) is 42.8 Å². The number of amides is 1. The van der Waals surface area contributed by atoms with E-state index >= 15 is 0 Å². The molecule has 0 aliphatic heterocycles. The third-order valence-electron chi connectivity index (χ3n) is 3.29. The van der Waals surface area contributed by atoms with Gasteiger partial charge in [0.05, 0.1) is 5.69 Å². The summed E-state index contributed by atoms with van der Waals surface area (Å²) in [4.78, 5) is 31.2. The number of aromatic nitrogens is 2. The molecule has 1 N–H and O–H groups in total. The van der Waals surface area contributed by atoms with Crippen LogP contribution >= 0.6 is 23.2 Å². The molecule has 0 aliphatic carbocycles. The van der Waals surface area contributed by atoms with Crippen molar-refractivity contribution in [3.8, 4) is 5.69 Å². The number of hydrogen-bond acceptors (Lipinski definition) is 4. The van der Waals surface area contributed by atoms with Gasteiger partial charge in [0.15, 0.2) is 0 Å². The minimum Gasteiger partial charge on any atom is -0.354 e. The van der Waals surface area contributed by atoms with Crippen LogP contribution in [0.1, 0.15) is 16.1 Å². The zero-order valence-corrected chi connectivity index (χ0v) is 17.4. The van der Waals surface area contributed by atoms with Crippen molar-refractivity contribution < 1.29 is 18.8 Å². The SMILES string of the molecule is C=O.C=O.CNC(=O)c1cn(-c2ccccc2F)cn1.Cc1cc(Cl)ccc1Cl. The van der Waals surface area contributed by atoms with Crippen LogP contribution in [0.15, 0.2) is 55.0 Å². The molecular formula is C20H20Cl2FN3O3. The van der Waals surface area contributed by atoms with Gasteiger partial charge < -0.3 is 19.5 Å². The molecule has 154 valence electrons. The molecule has 3 aromatic rings. The lowest BCUT2D eigenvalue weighted by Crippen LogP contribution is -2.17. The van der Waals surface area contributed by atoms with Crippen LogP contribution in [-0.2, 0) is 9.59 Å². The van der Waals surface area contributed by atoms with Gasteiger partial charge in [-0.3, -0.25) is 4.79 Å². The summed E-state index contributed by atoms with van der Waals surface area (Å²) in [6, 6.07) is 11.7. The zero-order valence-electron chi connectivity index (χ0n) is 15.9. The van der Waals surface area contributed by atoms with Gasteiger partial charge in [0, 0.05) is 23.3 Å². The summed E-state index contributed by atoms with van der Waals surface area (Å²) in [5.41, 5.74) is 1.64. The van der Waals surface area contributed by atoms with Crippen LogP contribution in [0.4, 0.5) is 4.39 Å². The number of carbonyl (C=O) groups is 3. The van der Waals surface area contributed by atoms with Crippen LogP contribution in [0.25, 0.3) is 5.69 Å². The van der Waals surface area contributed by atoms with Crippen molar-refractivity contribution >= 4 is 42.7 Å². The van der Waals surface area contributed by atoms with Crippen molar-refractivity contribution in [2.45, 2.75) is 6.92 Å². The maximum absolute atomic E-state index is 13.4. The van der Waals surface area contributed by atoms with Gasteiger partial charge in [-0.1, -0.05) is 35.3 Å². The van der Waals surface area contributed by atoms with Crippen molar-refractivity contribution in [1.29, 1.82) is 0 Å². The van der Waals surface area contributed by atoms with Gasteiger partial charge in [-0.15, -0.1) is 0 Å². The van der Waals surface area contributed by atoms with E-state index in [4.69, 9.17) is 32.8 Å². The Hall–Kier alpha value is -3.03. The highest BCUT2D eigenvalue weighted by Gasteiger charge is 2.09. The minimum absolute atomic E-state index is 0.255. The average molecular weight is 440 g/mol.